The average Bonchev–Trinajstić information content (AvgIpc) is 3.06. The number of benzene rings is 4. The molecule has 1 N–H and O–H groups in total. The quantitative estimate of drug-likeness (QED) is 0.153. The van der Waals surface area contributed by atoms with E-state index in [2.05, 4.69) is 5.32 Å². The minimum absolute atomic E-state index is 0.0738. The van der Waals surface area contributed by atoms with Crippen LogP contribution in [0.3, 0.4) is 0 Å². The molecule has 0 radical (unpaired) electrons. The molecule has 0 aliphatic carbocycles. The third-order valence-corrected chi connectivity index (χ3v) is 10.2. The van der Waals surface area contributed by atoms with Crippen molar-refractivity contribution in [1.82, 2.24) is 10.2 Å². The smallest absolute Gasteiger partial charge is 0.264 e. The van der Waals surface area contributed by atoms with Gasteiger partial charge in [0.1, 0.15) is 12.6 Å². The zero-order valence-electron chi connectivity index (χ0n) is 27.7. The van der Waals surface area contributed by atoms with E-state index in [0.29, 0.717) is 21.4 Å². The number of amides is 2. The summed E-state index contributed by atoms with van der Waals surface area (Å²) >= 11 is 18.7. The maximum absolute atomic E-state index is 14.7. The number of nitrogens with one attached hydrogen (secondary N) is 1. The first-order valence-corrected chi connectivity index (χ1v) is 17.8. The Morgan fingerprint density at radius 1 is 0.796 bits per heavy atom. The molecule has 1 unspecified atom stereocenters. The fourth-order valence-corrected chi connectivity index (χ4v) is 6.96. The molecule has 2 amide bonds. The molecule has 1 atom stereocenters. The zero-order valence-corrected chi connectivity index (χ0v) is 30.8. The first kappa shape index (κ1) is 37.9. The Morgan fingerprint density at radius 2 is 1.45 bits per heavy atom. The summed E-state index contributed by atoms with van der Waals surface area (Å²) in [6.45, 7) is 4.79. The van der Waals surface area contributed by atoms with Crippen LogP contribution < -0.4 is 19.1 Å². The molecule has 260 valence electrons. The van der Waals surface area contributed by atoms with Crippen molar-refractivity contribution in [2.75, 3.05) is 25.1 Å². The molecule has 0 saturated carbocycles. The molecular formula is C36H38Cl3N3O6S. The van der Waals surface area contributed by atoms with Crippen molar-refractivity contribution in [3.05, 3.63) is 117 Å². The van der Waals surface area contributed by atoms with Gasteiger partial charge in [-0.1, -0.05) is 71.2 Å². The molecule has 0 spiro atoms. The predicted octanol–water partition coefficient (Wildman–Crippen LogP) is 7.41. The number of hydrogen-bond donors (Lipinski definition) is 1. The molecule has 9 nitrogen and oxygen atoms in total. The Morgan fingerprint density at radius 3 is 2.04 bits per heavy atom. The van der Waals surface area contributed by atoms with E-state index in [1.807, 2.05) is 51.1 Å². The molecule has 4 aromatic rings. The van der Waals surface area contributed by atoms with Crippen LogP contribution in [-0.2, 0) is 32.6 Å². The zero-order chi connectivity index (χ0) is 35.9. The highest BCUT2D eigenvalue weighted by molar-refractivity contribution is 7.92. The maximum Gasteiger partial charge on any atom is 0.264 e. The lowest BCUT2D eigenvalue weighted by Crippen LogP contribution is -2.56. The van der Waals surface area contributed by atoms with E-state index in [1.54, 1.807) is 18.2 Å². The summed E-state index contributed by atoms with van der Waals surface area (Å²) in [5, 5.41) is 3.97. The molecule has 4 rings (SSSR count). The Balaban J connectivity index is 1.85. The van der Waals surface area contributed by atoms with Crippen LogP contribution in [0.2, 0.25) is 15.1 Å². The van der Waals surface area contributed by atoms with Gasteiger partial charge in [-0.15, -0.1) is 0 Å². The molecule has 4 aromatic carbocycles. The van der Waals surface area contributed by atoms with Gasteiger partial charge in [-0.3, -0.25) is 13.9 Å². The fraction of sp³-hybridized carbons (Fsp3) is 0.278. The van der Waals surface area contributed by atoms with Gasteiger partial charge in [0.05, 0.1) is 34.8 Å². The highest BCUT2D eigenvalue weighted by Crippen LogP contribution is 2.33. The van der Waals surface area contributed by atoms with Crippen LogP contribution >= 0.6 is 34.8 Å². The number of ether oxygens (including phenoxy) is 2. The third-order valence-electron chi connectivity index (χ3n) is 7.44. The number of hydrogen-bond acceptors (Lipinski definition) is 6. The summed E-state index contributed by atoms with van der Waals surface area (Å²) in [6.07, 6.45) is 0.152. The van der Waals surface area contributed by atoms with Crippen molar-refractivity contribution in [3.8, 4) is 11.5 Å². The van der Waals surface area contributed by atoms with Crippen molar-refractivity contribution >= 4 is 62.3 Å². The predicted molar refractivity (Wildman–Crippen MR) is 194 cm³/mol. The summed E-state index contributed by atoms with van der Waals surface area (Å²) in [6, 6.07) is 23.4. The normalized spacial score (nSPS) is 12.2. The van der Waals surface area contributed by atoms with Gasteiger partial charge in [0.15, 0.2) is 11.5 Å². The van der Waals surface area contributed by atoms with Gasteiger partial charge in [0.2, 0.25) is 11.8 Å². The van der Waals surface area contributed by atoms with Crippen LogP contribution in [0, 0.1) is 0 Å². The van der Waals surface area contributed by atoms with Crippen molar-refractivity contribution < 1.29 is 27.5 Å². The highest BCUT2D eigenvalue weighted by Gasteiger charge is 2.36. The van der Waals surface area contributed by atoms with Gasteiger partial charge in [-0.2, -0.15) is 0 Å². The summed E-state index contributed by atoms with van der Waals surface area (Å²) in [4.78, 5) is 29.9. The molecular weight excluding hydrogens is 709 g/mol. The summed E-state index contributed by atoms with van der Waals surface area (Å²) < 4.78 is 40.4. The summed E-state index contributed by atoms with van der Waals surface area (Å²) in [7, 11) is -1.57. The molecule has 49 heavy (non-hydrogen) atoms. The molecule has 0 saturated heterocycles. The number of anilines is 1. The van der Waals surface area contributed by atoms with E-state index < -0.39 is 40.0 Å². The number of carbonyl (C=O) groups is 2. The molecule has 0 heterocycles. The van der Waals surface area contributed by atoms with E-state index in [-0.39, 0.29) is 34.3 Å². The van der Waals surface area contributed by atoms with Crippen molar-refractivity contribution in [2.24, 2.45) is 0 Å². The lowest BCUT2D eigenvalue weighted by molar-refractivity contribution is -0.140. The van der Waals surface area contributed by atoms with Gasteiger partial charge in [0.25, 0.3) is 10.0 Å². The summed E-state index contributed by atoms with van der Waals surface area (Å²) in [5.41, 5.74) is 0.943. The van der Waals surface area contributed by atoms with Gasteiger partial charge in [-0.25, -0.2) is 8.42 Å². The van der Waals surface area contributed by atoms with E-state index in [0.717, 1.165) is 9.87 Å². The lowest BCUT2D eigenvalue weighted by Gasteiger charge is -2.35. The number of rotatable bonds is 13. The topological polar surface area (TPSA) is 105 Å². The SMILES string of the molecule is COc1ccc(S(=O)(=O)N(CC(=O)N(Cc2ccc(Cl)c(Cl)c2)C(Cc2ccccc2)C(=O)NC(C)(C)C)c2ccc(Cl)cc2)cc1OC. The standard InChI is InChI=1S/C36H38Cl3N3O6S/c1-36(2,3)40-35(44)31(20-24-9-7-6-8-10-24)41(22-25-11-17-29(38)30(39)19-25)34(43)23-42(27-14-12-26(37)13-15-27)49(45,46)28-16-18-32(47-4)33(21-28)48-5/h6-19,21,31H,20,22-23H2,1-5H3,(H,40,44). The van der Waals surface area contributed by atoms with E-state index in [4.69, 9.17) is 44.3 Å². The summed E-state index contributed by atoms with van der Waals surface area (Å²) in [5.74, 6) is -0.536. The average molecular weight is 747 g/mol. The van der Waals surface area contributed by atoms with Crippen LogP contribution in [0.4, 0.5) is 5.69 Å². The van der Waals surface area contributed by atoms with Gasteiger partial charge < -0.3 is 19.7 Å². The monoisotopic (exact) mass is 745 g/mol. The maximum atomic E-state index is 14.7. The Kier molecular flexibility index (Phi) is 12.5. The van der Waals surface area contributed by atoms with Crippen molar-refractivity contribution in [1.29, 1.82) is 0 Å². The van der Waals surface area contributed by atoms with Crippen LogP contribution in [0.1, 0.15) is 31.9 Å². The van der Waals surface area contributed by atoms with E-state index in [1.165, 1.54) is 61.6 Å². The third kappa shape index (κ3) is 9.82. The number of nitrogens with zero attached hydrogens (tertiary/aromatic N) is 2. The Hall–Kier alpha value is -3.96. The molecule has 13 heteroatoms. The number of sulfonamides is 1. The highest BCUT2D eigenvalue weighted by atomic mass is 35.5. The van der Waals surface area contributed by atoms with Crippen LogP contribution in [0.15, 0.2) is 95.9 Å². The number of carbonyl (C=O) groups excluding carboxylic acids is 2. The molecule has 0 fully saturated rings. The van der Waals surface area contributed by atoms with Crippen LogP contribution in [-0.4, -0.2) is 57.5 Å². The van der Waals surface area contributed by atoms with Crippen molar-refractivity contribution in [2.45, 2.75) is 50.2 Å². The van der Waals surface area contributed by atoms with Gasteiger partial charge in [0, 0.05) is 29.6 Å². The van der Waals surface area contributed by atoms with Crippen molar-refractivity contribution in [3.63, 3.8) is 0 Å². The lowest BCUT2D eigenvalue weighted by atomic mass is 10.0. The number of methoxy groups -OCH3 is 2. The van der Waals surface area contributed by atoms with Gasteiger partial charge >= 0.3 is 0 Å². The Labute approximate surface area is 302 Å². The van der Waals surface area contributed by atoms with Crippen LogP contribution in [0.25, 0.3) is 0 Å². The molecule has 0 bridgehead atoms. The second-order valence-corrected chi connectivity index (χ2v) is 15.3. The minimum Gasteiger partial charge on any atom is -0.493 e. The van der Waals surface area contributed by atoms with E-state index in [9.17, 15) is 18.0 Å². The molecule has 0 aliphatic heterocycles. The number of halogens is 3. The first-order valence-electron chi connectivity index (χ1n) is 15.2. The second kappa shape index (κ2) is 16.2. The first-order chi connectivity index (χ1) is 23.1. The second-order valence-electron chi connectivity index (χ2n) is 12.2. The molecule has 0 aromatic heterocycles. The fourth-order valence-electron chi connectivity index (χ4n) is 5.08. The minimum atomic E-state index is -4.40. The Bertz CT molecular complexity index is 1880. The van der Waals surface area contributed by atoms with Crippen LogP contribution in [0.5, 0.6) is 11.5 Å². The molecule has 0 aliphatic rings. The van der Waals surface area contributed by atoms with Gasteiger partial charge in [-0.05, 0) is 80.4 Å². The largest absolute Gasteiger partial charge is 0.493 e. The van der Waals surface area contributed by atoms with E-state index >= 15 is 0 Å².